The Morgan fingerprint density at radius 1 is 1.13 bits per heavy atom. The van der Waals surface area contributed by atoms with Crippen LogP contribution < -0.4 is 15.0 Å². The summed E-state index contributed by atoms with van der Waals surface area (Å²) in [4.78, 5) is 16.1. The molecule has 1 saturated heterocycles. The number of halogens is 1. The van der Waals surface area contributed by atoms with Crippen LogP contribution in [0.3, 0.4) is 0 Å². The smallest absolute Gasteiger partial charge is 0.236 e. The van der Waals surface area contributed by atoms with Crippen molar-refractivity contribution in [2.45, 2.75) is 43.3 Å². The number of carbonyl (C=O) groups excluding carboxylic acids is 1. The number of nitrogens with one attached hydrogen (secondary N) is 1. The van der Waals surface area contributed by atoms with Crippen LogP contribution >= 0.6 is 23.4 Å². The fourth-order valence-corrected chi connectivity index (χ4v) is 5.76. The van der Waals surface area contributed by atoms with Gasteiger partial charge in [-0.15, -0.1) is 11.8 Å². The van der Waals surface area contributed by atoms with Crippen LogP contribution in [0.5, 0.6) is 5.75 Å². The summed E-state index contributed by atoms with van der Waals surface area (Å²) in [6, 6.07) is 14.5. The Bertz CT molecular complexity index is 923. The van der Waals surface area contributed by atoms with Crippen molar-refractivity contribution in [2.24, 2.45) is 5.41 Å². The lowest BCUT2D eigenvalue weighted by Crippen LogP contribution is -2.42. The van der Waals surface area contributed by atoms with Crippen molar-refractivity contribution in [3.63, 3.8) is 0 Å². The van der Waals surface area contributed by atoms with Crippen LogP contribution in [0.4, 0.5) is 5.69 Å². The molecule has 1 N–H and O–H groups in total. The second kappa shape index (κ2) is 8.45. The Hall–Kier alpha value is -1.69. The molecule has 4 rings (SSSR count). The third-order valence-electron chi connectivity index (χ3n) is 6.04. The van der Waals surface area contributed by atoms with Crippen LogP contribution in [0.15, 0.2) is 47.4 Å². The predicted molar refractivity (Wildman–Crippen MR) is 125 cm³/mol. The van der Waals surface area contributed by atoms with Crippen molar-refractivity contribution in [1.29, 1.82) is 0 Å². The summed E-state index contributed by atoms with van der Waals surface area (Å²) < 4.78 is 6.16. The van der Waals surface area contributed by atoms with Gasteiger partial charge in [0.2, 0.25) is 5.91 Å². The molecule has 0 unspecified atom stereocenters. The van der Waals surface area contributed by atoms with E-state index in [1.807, 2.05) is 49.6 Å². The molecule has 2 aromatic carbocycles. The normalized spacial score (nSPS) is 20.3. The standard InChI is InChI=1S/C24H29ClN2O2S/c1-4-27-20-10-5-17(15-21(20)29-16-23(2,3)22(27)28)24(11-13-26-14-12-24)30-19-8-6-18(25)7-9-19/h5-10,15,26H,4,11-14,16H2,1-3H3. The zero-order valence-corrected chi connectivity index (χ0v) is 19.4. The average molecular weight is 445 g/mol. The Balaban J connectivity index is 1.73. The zero-order valence-electron chi connectivity index (χ0n) is 17.8. The molecule has 4 nitrogen and oxygen atoms in total. The largest absolute Gasteiger partial charge is 0.490 e. The van der Waals surface area contributed by atoms with E-state index < -0.39 is 5.41 Å². The molecule has 0 aromatic heterocycles. The molecule has 1 amide bonds. The first kappa shape index (κ1) is 21.5. The quantitative estimate of drug-likeness (QED) is 0.677. The molecule has 0 radical (unpaired) electrons. The highest BCUT2D eigenvalue weighted by atomic mass is 35.5. The Labute approximate surface area is 188 Å². The SMILES string of the molecule is CCN1C(=O)C(C)(C)COc2cc(C3(Sc4ccc(Cl)cc4)CCNCC3)ccc21. The maximum absolute atomic E-state index is 13.0. The molecule has 0 spiro atoms. The lowest BCUT2D eigenvalue weighted by atomic mass is 9.88. The summed E-state index contributed by atoms with van der Waals surface area (Å²) in [6.07, 6.45) is 2.06. The molecule has 0 atom stereocenters. The fourth-order valence-electron chi connectivity index (χ4n) is 4.25. The van der Waals surface area contributed by atoms with Gasteiger partial charge in [-0.2, -0.15) is 0 Å². The number of piperidine rings is 1. The molecule has 2 aromatic rings. The van der Waals surface area contributed by atoms with E-state index in [1.165, 1.54) is 10.5 Å². The van der Waals surface area contributed by atoms with Gasteiger partial charge in [0.15, 0.2) is 0 Å². The lowest BCUT2D eigenvalue weighted by molar-refractivity contribution is -0.127. The van der Waals surface area contributed by atoms with Crippen LogP contribution in [-0.2, 0) is 9.54 Å². The minimum Gasteiger partial charge on any atom is -0.490 e. The molecule has 0 saturated carbocycles. The highest BCUT2D eigenvalue weighted by molar-refractivity contribution is 8.00. The van der Waals surface area contributed by atoms with Gasteiger partial charge >= 0.3 is 0 Å². The molecule has 160 valence electrons. The van der Waals surface area contributed by atoms with E-state index in [1.54, 1.807) is 0 Å². The van der Waals surface area contributed by atoms with E-state index in [4.69, 9.17) is 16.3 Å². The van der Waals surface area contributed by atoms with Crippen LogP contribution in [0.2, 0.25) is 5.02 Å². The summed E-state index contributed by atoms with van der Waals surface area (Å²) in [5.74, 6) is 0.923. The minimum absolute atomic E-state index is 0.0413. The Kier molecular flexibility index (Phi) is 6.06. The molecule has 30 heavy (non-hydrogen) atoms. The summed E-state index contributed by atoms with van der Waals surface area (Å²) in [7, 11) is 0. The first-order valence-electron chi connectivity index (χ1n) is 10.6. The minimum atomic E-state index is -0.542. The molecular weight excluding hydrogens is 416 g/mol. The number of rotatable bonds is 4. The third kappa shape index (κ3) is 4.08. The average Bonchev–Trinajstić information content (AvgIpc) is 2.84. The van der Waals surface area contributed by atoms with Gasteiger partial charge in [0.25, 0.3) is 0 Å². The molecule has 1 fully saturated rings. The Morgan fingerprint density at radius 3 is 2.50 bits per heavy atom. The summed E-state index contributed by atoms with van der Waals surface area (Å²) in [6.45, 7) is 8.90. The van der Waals surface area contributed by atoms with Crippen LogP contribution in [0.1, 0.15) is 39.2 Å². The van der Waals surface area contributed by atoms with E-state index in [2.05, 4.69) is 35.6 Å². The maximum atomic E-state index is 13.0. The van der Waals surface area contributed by atoms with E-state index >= 15 is 0 Å². The van der Waals surface area contributed by atoms with Gasteiger partial charge in [-0.25, -0.2) is 0 Å². The topological polar surface area (TPSA) is 41.6 Å². The third-order valence-corrected chi connectivity index (χ3v) is 7.84. The highest BCUT2D eigenvalue weighted by Gasteiger charge is 2.39. The maximum Gasteiger partial charge on any atom is 0.236 e. The molecule has 0 aliphatic carbocycles. The number of benzene rings is 2. The van der Waals surface area contributed by atoms with Crippen LogP contribution in [-0.4, -0.2) is 32.1 Å². The second-order valence-electron chi connectivity index (χ2n) is 8.70. The summed E-state index contributed by atoms with van der Waals surface area (Å²) in [5, 5.41) is 4.24. The second-order valence-corrected chi connectivity index (χ2v) is 10.6. The number of amides is 1. The fraction of sp³-hybridized carbons (Fsp3) is 0.458. The number of anilines is 1. The van der Waals surface area contributed by atoms with Crippen molar-refractivity contribution in [2.75, 3.05) is 31.1 Å². The zero-order chi connectivity index (χ0) is 21.4. The molecule has 2 aliphatic rings. The van der Waals surface area contributed by atoms with Crippen molar-refractivity contribution in [1.82, 2.24) is 5.32 Å². The summed E-state index contributed by atoms with van der Waals surface area (Å²) in [5.41, 5.74) is 1.59. The lowest BCUT2D eigenvalue weighted by Gasteiger charge is -2.38. The number of hydrogen-bond donors (Lipinski definition) is 1. The van der Waals surface area contributed by atoms with Crippen molar-refractivity contribution in [3.05, 3.63) is 53.1 Å². The highest BCUT2D eigenvalue weighted by Crippen LogP contribution is 2.50. The van der Waals surface area contributed by atoms with Gasteiger partial charge < -0.3 is 15.0 Å². The van der Waals surface area contributed by atoms with Crippen molar-refractivity contribution in [3.8, 4) is 5.75 Å². The van der Waals surface area contributed by atoms with Gasteiger partial charge in [-0.1, -0.05) is 17.7 Å². The van der Waals surface area contributed by atoms with E-state index in [0.717, 1.165) is 42.4 Å². The monoisotopic (exact) mass is 444 g/mol. The van der Waals surface area contributed by atoms with Gasteiger partial charge in [0, 0.05) is 21.2 Å². The van der Waals surface area contributed by atoms with Crippen molar-refractivity contribution >= 4 is 35.0 Å². The molecular formula is C24H29ClN2O2S. The van der Waals surface area contributed by atoms with Gasteiger partial charge in [-0.05, 0) is 88.7 Å². The Morgan fingerprint density at radius 2 is 1.83 bits per heavy atom. The number of thioether (sulfide) groups is 1. The number of ether oxygens (including phenoxy) is 1. The first-order valence-corrected chi connectivity index (χ1v) is 11.8. The van der Waals surface area contributed by atoms with Crippen LogP contribution in [0.25, 0.3) is 0 Å². The van der Waals surface area contributed by atoms with Gasteiger partial charge in [0.05, 0.1) is 11.1 Å². The van der Waals surface area contributed by atoms with E-state index in [0.29, 0.717) is 13.2 Å². The predicted octanol–water partition coefficient (Wildman–Crippen LogP) is 5.48. The number of hydrogen-bond acceptors (Lipinski definition) is 4. The van der Waals surface area contributed by atoms with Crippen molar-refractivity contribution < 1.29 is 9.53 Å². The molecule has 2 heterocycles. The van der Waals surface area contributed by atoms with E-state index in [9.17, 15) is 4.79 Å². The van der Waals surface area contributed by atoms with Gasteiger partial charge in [0.1, 0.15) is 12.4 Å². The van der Waals surface area contributed by atoms with Gasteiger partial charge in [-0.3, -0.25) is 4.79 Å². The number of nitrogens with zero attached hydrogens (tertiary/aromatic N) is 1. The first-order chi connectivity index (χ1) is 14.3. The number of carbonyl (C=O) groups is 1. The molecule has 6 heteroatoms. The van der Waals surface area contributed by atoms with E-state index in [-0.39, 0.29) is 10.7 Å². The van der Waals surface area contributed by atoms with Crippen LogP contribution in [0, 0.1) is 5.41 Å². The molecule has 0 bridgehead atoms. The molecule has 2 aliphatic heterocycles. The number of fused-ring (bicyclic) bond motifs is 1. The summed E-state index contributed by atoms with van der Waals surface area (Å²) >= 11 is 8.00.